The van der Waals surface area contributed by atoms with Crippen LogP contribution >= 0.6 is 0 Å². The highest BCUT2D eigenvalue weighted by atomic mass is 19.1. The third-order valence-electron chi connectivity index (χ3n) is 3.46. The van der Waals surface area contributed by atoms with Crippen molar-refractivity contribution < 1.29 is 14.0 Å². The first-order chi connectivity index (χ1) is 9.47. The molecule has 4 nitrogen and oxygen atoms in total. The van der Waals surface area contributed by atoms with E-state index in [1.807, 2.05) is 13.8 Å². The molecule has 5 heteroatoms. The van der Waals surface area contributed by atoms with Gasteiger partial charge >= 0.3 is 0 Å². The average molecular weight is 278 g/mol. The van der Waals surface area contributed by atoms with E-state index in [0.29, 0.717) is 18.5 Å². The second kappa shape index (κ2) is 6.03. The van der Waals surface area contributed by atoms with E-state index in [0.717, 1.165) is 0 Å². The van der Waals surface area contributed by atoms with Crippen LogP contribution in [0.2, 0.25) is 0 Å². The summed E-state index contributed by atoms with van der Waals surface area (Å²) in [7, 11) is 0. The molecule has 2 rings (SSSR count). The number of nitrogens with zero attached hydrogens (tertiary/aromatic N) is 1. The van der Waals surface area contributed by atoms with Crippen molar-refractivity contribution in [3.63, 3.8) is 0 Å². The zero-order valence-electron chi connectivity index (χ0n) is 11.7. The van der Waals surface area contributed by atoms with Crippen molar-refractivity contribution in [3.8, 4) is 0 Å². The molecule has 0 spiro atoms. The number of hydrogen-bond acceptors (Lipinski definition) is 2. The van der Waals surface area contributed by atoms with Crippen LogP contribution in [0.4, 0.5) is 4.39 Å². The normalized spacial score (nSPS) is 18.7. The number of nitrogens with one attached hydrogen (secondary N) is 1. The van der Waals surface area contributed by atoms with Crippen molar-refractivity contribution in [2.45, 2.75) is 38.8 Å². The van der Waals surface area contributed by atoms with Crippen LogP contribution in [0, 0.1) is 5.82 Å². The smallest absolute Gasteiger partial charge is 0.225 e. The Bertz CT molecular complexity index is 516. The second-order valence-corrected chi connectivity index (χ2v) is 5.38. The van der Waals surface area contributed by atoms with Crippen molar-refractivity contribution in [1.29, 1.82) is 0 Å². The van der Waals surface area contributed by atoms with Crippen molar-refractivity contribution in [3.05, 3.63) is 35.6 Å². The molecule has 1 aliphatic rings. The number of amides is 2. The van der Waals surface area contributed by atoms with Crippen molar-refractivity contribution in [2.24, 2.45) is 0 Å². The van der Waals surface area contributed by atoms with Gasteiger partial charge in [-0.05, 0) is 25.5 Å². The lowest BCUT2D eigenvalue weighted by molar-refractivity contribution is -0.129. The summed E-state index contributed by atoms with van der Waals surface area (Å²) in [6.07, 6.45) is 0.320. The van der Waals surface area contributed by atoms with Gasteiger partial charge < -0.3 is 10.2 Å². The first-order valence-electron chi connectivity index (χ1n) is 6.79. The molecule has 1 aromatic carbocycles. The molecule has 1 heterocycles. The van der Waals surface area contributed by atoms with E-state index in [9.17, 15) is 14.0 Å². The van der Waals surface area contributed by atoms with Crippen LogP contribution in [0.3, 0.4) is 0 Å². The number of rotatable bonds is 4. The lowest BCUT2D eigenvalue weighted by atomic mass is 10.1. The van der Waals surface area contributed by atoms with E-state index >= 15 is 0 Å². The van der Waals surface area contributed by atoms with Gasteiger partial charge in [0.1, 0.15) is 5.82 Å². The van der Waals surface area contributed by atoms with Gasteiger partial charge in [-0.2, -0.15) is 0 Å². The summed E-state index contributed by atoms with van der Waals surface area (Å²) in [5.41, 5.74) is 0.370. The summed E-state index contributed by atoms with van der Waals surface area (Å²) < 4.78 is 13.5. The SMILES string of the molecule is CC(C)N1CC(NC(=O)Cc2ccccc2F)CC1=O. The summed E-state index contributed by atoms with van der Waals surface area (Å²) in [6.45, 7) is 4.42. The molecule has 1 unspecified atom stereocenters. The zero-order valence-corrected chi connectivity index (χ0v) is 11.7. The molecule has 20 heavy (non-hydrogen) atoms. The van der Waals surface area contributed by atoms with E-state index in [2.05, 4.69) is 5.32 Å². The highest BCUT2D eigenvalue weighted by molar-refractivity contribution is 5.83. The van der Waals surface area contributed by atoms with Crippen LogP contribution in [-0.2, 0) is 16.0 Å². The van der Waals surface area contributed by atoms with Gasteiger partial charge in [-0.25, -0.2) is 4.39 Å². The third-order valence-corrected chi connectivity index (χ3v) is 3.46. The fourth-order valence-electron chi connectivity index (χ4n) is 2.42. The molecular formula is C15H19FN2O2. The highest BCUT2D eigenvalue weighted by Crippen LogP contribution is 2.14. The summed E-state index contributed by atoms with van der Waals surface area (Å²) in [5, 5.41) is 2.80. The van der Waals surface area contributed by atoms with Gasteiger partial charge in [-0.15, -0.1) is 0 Å². The summed E-state index contributed by atoms with van der Waals surface area (Å²) in [4.78, 5) is 25.4. The monoisotopic (exact) mass is 278 g/mol. The minimum absolute atomic E-state index is 0.000950. The molecule has 0 aromatic heterocycles. The van der Waals surface area contributed by atoms with Crippen LogP contribution in [0.5, 0.6) is 0 Å². The summed E-state index contributed by atoms with van der Waals surface area (Å²) in [6, 6.07) is 6.18. The van der Waals surface area contributed by atoms with Gasteiger partial charge in [0.25, 0.3) is 0 Å². The molecule has 1 atom stereocenters. The van der Waals surface area contributed by atoms with Crippen LogP contribution in [-0.4, -0.2) is 35.3 Å². The largest absolute Gasteiger partial charge is 0.351 e. The topological polar surface area (TPSA) is 49.4 Å². The van der Waals surface area contributed by atoms with E-state index in [1.54, 1.807) is 23.1 Å². The molecular weight excluding hydrogens is 259 g/mol. The second-order valence-electron chi connectivity index (χ2n) is 5.38. The predicted octanol–water partition coefficient (Wildman–Crippen LogP) is 1.49. The lowest BCUT2D eigenvalue weighted by Gasteiger charge is -2.21. The van der Waals surface area contributed by atoms with Crippen molar-refractivity contribution in [1.82, 2.24) is 10.2 Å². The number of likely N-dealkylation sites (tertiary alicyclic amines) is 1. The first kappa shape index (κ1) is 14.5. The molecule has 1 aliphatic heterocycles. The summed E-state index contributed by atoms with van der Waals surface area (Å²) >= 11 is 0. The predicted molar refractivity (Wildman–Crippen MR) is 73.5 cm³/mol. The Kier molecular flexibility index (Phi) is 4.37. The number of carbonyl (C=O) groups is 2. The van der Waals surface area contributed by atoms with Gasteiger partial charge in [-0.1, -0.05) is 18.2 Å². The van der Waals surface area contributed by atoms with Gasteiger partial charge in [0.15, 0.2) is 0 Å². The minimum atomic E-state index is -0.381. The van der Waals surface area contributed by atoms with E-state index < -0.39 is 0 Å². The Morgan fingerprint density at radius 1 is 1.45 bits per heavy atom. The fraction of sp³-hybridized carbons (Fsp3) is 0.467. The molecule has 1 saturated heterocycles. The van der Waals surface area contributed by atoms with Gasteiger partial charge in [0, 0.05) is 19.0 Å². The van der Waals surface area contributed by atoms with Gasteiger partial charge in [0.2, 0.25) is 11.8 Å². The summed E-state index contributed by atoms with van der Waals surface area (Å²) in [5.74, 6) is -0.580. The standard InChI is InChI=1S/C15H19FN2O2/c1-10(2)18-9-12(8-15(18)20)17-14(19)7-11-5-3-4-6-13(11)16/h3-6,10,12H,7-9H2,1-2H3,(H,17,19). The number of halogens is 1. The number of benzene rings is 1. The average Bonchev–Trinajstić information content (AvgIpc) is 2.73. The van der Waals surface area contributed by atoms with Gasteiger partial charge in [0.05, 0.1) is 12.5 Å². The van der Waals surface area contributed by atoms with E-state index in [1.165, 1.54) is 6.07 Å². The minimum Gasteiger partial charge on any atom is -0.351 e. The van der Waals surface area contributed by atoms with Crippen molar-refractivity contribution >= 4 is 11.8 Å². The maximum atomic E-state index is 13.5. The fourth-order valence-corrected chi connectivity index (χ4v) is 2.42. The highest BCUT2D eigenvalue weighted by Gasteiger charge is 2.31. The van der Waals surface area contributed by atoms with Crippen molar-refractivity contribution in [2.75, 3.05) is 6.54 Å². The molecule has 1 aromatic rings. The van der Waals surface area contributed by atoms with Crippen LogP contribution in [0.15, 0.2) is 24.3 Å². The number of hydrogen-bond donors (Lipinski definition) is 1. The zero-order chi connectivity index (χ0) is 14.7. The quantitative estimate of drug-likeness (QED) is 0.907. The van der Waals surface area contributed by atoms with E-state index in [4.69, 9.17) is 0 Å². The number of carbonyl (C=O) groups excluding carboxylic acids is 2. The Balaban J connectivity index is 1.90. The van der Waals surface area contributed by atoms with Crippen LogP contribution in [0.25, 0.3) is 0 Å². The lowest BCUT2D eigenvalue weighted by Crippen LogP contribution is -2.39. The Morgan fingerprint density at radius 2 is 2.15 bits per heavy atom. The van der Waals surface area contributed by atoms with Gasteiger partial charge in [-0.3, -0.25) is 9.59 Å². The van der Waals surface area contributed by atoms with Crippen LogP contribution in [0.1, 0.15) is 25.8 Å². The maximum Gasteiger partial charge on any atom is 0.225 e. The molecule has 0 aliphatic carbocycles. The molecule has 108 valence electrons. The molecule has 0 saturated carbocycles. The molecule has 2 amide bonds. The molecule has 1 N–H and O–H groups in total. The first-order valence-corrected chi connectivity index (χ1v) is 6.79. The molecule has 0 bridgehead atoms. The third kappa shape index (κ3) is 3.35. The Labute approximate surface area is 118 Å². The van der Waals surface area contributed by atoms with Crippen LogP contribution < -0.4 is 5.32 Å². The molecule has 0 radical (unpaired) electrons. The Morgan fingerprint density at radius 3 is 2.75 bits per heavy atom. The molecule has 1 fully saturated rings. The maximum absolute atomic E-state index is 13.5. The van der Waals surface area contributed by atoms with E-state index in [-0.39, 0.29) is 36.1 Å². The Hall–Kier alpha value is -1.91.